The monoisotopic (exact) mass is 294 g/mol. The summed E-state index contributed by atoms with van der Waals surface area (Å²) in [7, 11) is 0. The average Bonchev–Trinajstić information content (AvgIpc) is 2.69. The van der Waals surface area contributed by atoms with E-state index >= 15 is 0 Å². The highest BCUT2D eigenvalue weighted by Crippen LogP contribution is 2.16. The van der Waals surface area contributed by atoms with E-state index in [4.69, 9.17) is 4.74 Å². The van der Waals surface area contributed by atoms with E-state index < -0.39 is 5.97 Å². The van der Waals surface area contributed by atoms with E-state index in [2.05, 4.69) is 0 Å². The molecule has 0 radical (unpaired) electrons. The van der Waals surface area contributed by atoms with Gasteiger partial charge in [0.05, 0.1) is 0 Å². The van der Waals surface area contributed by atoms with Gasteiger partial charge in [-0.05, 0) is 35.3 Å². The Kier molecular flexibility index (Phi) is 5.26. The third-order valence-electron chi connectivity index (χ3n) is 3.17. The Bertz CT molecular complexity index is 731. The normalized spacial score (nSPS) is 10.9. The number of ether oxygens (including phenoxy) is 1. The molecule has 0 unspecified atom stereocenters. The number of carbonyl (C=O) groups is 1. The average molecular weight is 294 g/mol. The maximum atomic E-state index is 11.9. The maximum Gasteiger partial charge on any atom is 0.336 e. The summed E-state index contributed by atoms with van der Waals surface area (Å²) >= 11 is 0. The topological polar surface area (TPSA) is 43.4 Å². The third-order valence-corrected chi connectivity index (χ3v) is 3.17. The van der Waals surface area contributed by atoms with E-state index in [1.807, 2.05) is 50.2 Å². The van der Waals surface area contributed by atoms with Gasteiger partial charge in [-0.2, -0.15) is 0 Å². The zero-order chi connectivity index (χ0) is 15.9. The van der Waals surface area contributed by atoms with E-state index in [0.717, 1.165) is 11.1 Å². The fourth-order valence-corrected chi connectivity index (χ4v) is 1.91. The number of rotatable bonds is 4. The van der Waals surface area contributed by atoms with Gasteiger partial charge in [0.1, 0.15) is 0 Å². The van der Waals surface area contributed by atoms with Crippen LogP contribution in [-0.4, -0.2) is 5.97 Å². The summed E-state index contributed by atoms with van der Waals surface area (Å²) in [6.45, 7) is 4.03. The Balaban J connectivity index is 2.18. The minimum absolute atomic E-state index is 0.0522. The molecular weight excluding hydrogens is 276 g/mol. The van der Waals surface area contributed by atoms with Gasteiger partial charge in [0.25, 0.3) is 0 Å². The van der Waals surface area contributed by atoms with Gasteiger partial charge in [0, 0.05) is 6.08 Å². The van der Waals surface area contributed by atoms with E-state index in [1.165, 1.54) is 12.1 Å². The lowest BCUT2D eigenvalue weighted by molar-refractivity contribution is -0.128. The van der Waals surface area contributed by atoms with Crippen molar-refractivity contribution in [1.29, 1.82) is 0 Å². The van der Waals surface area contributed by atoms with Crippen molar-refractivity contribution in [2.24, 2.45) is 0 Å². The largest absolute Gasteiger partial charge is 0.419 e. The maximum absolute atomic E-state index is 11.9. The molecule has 0 saturated heterocycles. The molecule has 0 N–H and O–H groups in total. The molecule has 0 aliphatic rings. The van der Waals surface area contributed by atoms with Gasteiger partial charge >= 0.3 is 5.97 Å². The van der Waals surface area contributed by atoms with Crippen molar-refractivity contribution in [3.8, 4) is 5.75 Å². The van der Waals surface area contributed by atoms with Crippen LogP contribution in [0.2, 0.25) is 0 Å². The quantitative estimate of drug-likeness (QED) is 0.636. The standard InChI is InChI=1S/C19H18O3/c1-14(2)16-9-6-10-17(20)18(13-16)22-19(21)12-11-15-7-4-3-5-8-15/h3-14H,1-2H3/b12-11+. The van der Waals surface area contributed by atoms with Crippen LogP contribution < -0.4 is 10.2 Å². The Hall–Kier alpha value is -2.68. The Morgan fingerprint density at radius 3 is 2.45 bits per heavy atom. The first kappa shape index (κ1) is 15.7. The first-order valence-electron chi connectivity index (χ1n) is 7.15. The van der Waals surface area contributed by atoms with Gasteiger partial charge in [0.15, 0.2) is 5.75 Å². The van der Waals surface area contributed by atoms with Gasteiger partial charge in [0.2, 0.25) is 5.43 Å². The molecule has 0 aromatic heterocycles. The van der Waals surface area contributed by atoms with E-state index in [9.17, 15) is 9.59 Å². The summed E-state index contributed by atoms with van der Waals surface area (Å²) in [6.07, 6.45) is 2.97. The molecule has 0 heterocycles. The van der Waals surface area contributed by atoms with Crippen molar-refractivity contribution in [1.82, 2.24) is 0 Å². The lowest BCUT2D eigenvalue weighted by Crippen LogP contribution is -2.10. The molecule has 2 aromatic carbocycles. The highest BCUT2D eigenvalue weighted by molar-refractivity contribution is 5.88. The van der Waals surface area contributed by atoms with Gasteiger partial charge in [-0.3, -0.25) is 4.79 Å². The number of benzene rings is 1. The Morgan fingerprint density at radius 1 is 1.05 bits per heavy atom. The zero-order valence-electron chi connectivity index (χ0n) is 12.7. The summed E-state index contributed by atoms with van der Waals surface area (Å²) in [6, 6.07) is 16.0. The van der Waals surface area contributed by atoms with Crippen LogP contribution in [0.25, 0.3) is 6.08 Å². The molecule has 2 rings (SSSR count). The molecule has 0 aliphatic heterocycles. The summed E-state index contributed by atoms with van der Waals surface area (Å²) in [5, 5.41) is 0. The molecule has 112 valence electrons. The fourth-order valence-electron chi connectivity index (χ4n) is 1.91. The number of esters is 1. The van der Waals surface area contributed by atoms with Crippen molar-refractivity contribution in [3.63, 3.8) is 0 Å². The molecule has 0 amide bonds. The predicted octanol–water partition coefficient (Wildman–Crippen LogP) is 3.79. The first-order chi connectivity index (χ1) is 10.6. The first-order valence-corrected chi connectivity index (χ1v) is 7.15. The molecule has 0 aliphatic carbocycles. The third kappa shape index (κ3) is 4.42. The molecule has 2 aromatic rings. The van der Waals surface area contributed by atoms with Crippen LogP contribution in [0, 0.1) is 0 Å². The highest BCUT2D eigenvalue weighted by atomic mass is 16.5. The van der Waals surface area contributed by atoms with Crippen LogP contribution in [0.5, 0.6) is 5.75 Å². The molecule has 0 bridgehead atoms. The number of hydrogen-bond acceptors (Lipinski definition) is 3. The molecule has 3 nitrogen and oxygen atoms in total. The van der Waals surface area contributed by atoms with Crippen molar-refractivity contribution >= 4 is 12.0 Å². The van der Waals surface area contributed by atoms with E-state index in [1.54, 1.807) is 18.2 Å². The Morgan fingerprint density at radius 2 is 1.77 bits per heavy atom. The lowest BCUT2D eigenvalue weighted by atomic mass is 10.1. The van der Waals surface area contributed by atoms with Crippen LogP contribution in [-0.2, 0) is 4.79 Å². The molecule has 0 saturated carbocycles. The minimum atomic E-state index is -0.568. The van der Waals surface area contributed by atoms with Crippen molar-refractivity contribution < 1.29 is 9.53 Å². The van der Waals surface area contributed by atoms with Crippen LogP contribution in [0.15, 0.2) is 65.5 Å². The van der Waals surface area contributed by atoms with Crippen molar-refractivity contribution in [2.75, 3.05) is 0 Å². The van der Waals surface area contributed by atoms with Gasteiger partial charge < -0.3 is 4.74 Å². The lowest BCUT2D eigenvalue weighted by Gasteiger charge is -2.03. The van der Waals surface area contributed by atoms with Crippen LogP contribution in [0.4, 0.5) is 0 Å². The van der Waals surface area contributed by atoms with Crippen LogP contribution in [0.3, 0.4) is 0 Å². The second kappa shape index (κ2) is 7.36. The predicted molar refractivity (Wildman–Crippen MR) is 87.9 cm³/mol. The summed E-state index contributed by atoms with van der Waals surface area (Å²) in [4.78, 5) is 23.8. The number of hydrogen-bond donors (Lipinski definition) is 0. The Labute approximate surface area is 129 Å². The van der Waals surface area contributed by atoms with Crippen LogP contribution in [0.1, 0.15) is 30.9 Å². The smallest absolute Gasteiger partial charge is 0.336 e. The zero-order valence-corrected chi connectivity index (χ0v) is 12.7. The fraction of sp³-hybridized carbons (Fsp3) is 0.158. The molecule has 3 heteroatoms. The van der Waals surface area contributed by atoms with Crippen LogP contribution >= 0.6 is 0 Å². The summed E-state index contributed by atoms with van der Waals surface area (Å²) < 4.78 is 5.18. The van der Waals surface area contributed by atoms with Gasteiger partial charge in [-0.1, -0.05) is 56.3 Å². The molecule has 0 atom stereocenters. The van der Waals surface area contributed by atoms with Crippen molar-refractivity contribution in [3.05, 3.63) is 82.0 Å². The SMILES string of the molecule is CC(C)c1cccc(=O)c(OC(=O)/C=C/c2ccccc2)c1. The second-order valence-corrected chi connectivity index (χ2v) is 5.22. The highest BCUT2D eigenvalue weighted by Gasteiger charge is 2.07. The molecule has 0 spiro atoms. The molecule has 22 heavy (non-hydrogen) atoms. The van der Waals surface area contributed by atoms with Gasteiger partial charge in [-0.15, -0.1) is 0 Å². The second-order valence-electron chi connectivity index (χ2n) is 5.22. The number of carbonyl (C=O) groups excluding carboxylic acids is 1. The van der Waals surface area contributed by atoms with E-state index in [-0.39, 0.29) is 17.1 Å². The van der Waals surface area contributed by atoms with Gasteiger partial charge in [-0.25, -0.2) is 4.79 Å². The summed E-state index contributed by atoms with van der Waals surface area (Å²) in [5.74, 6) is -0.276. The van der Waals surface area contributed by atoms with E-state index in [0.29, 0.717) is 0 Å². The molecular formula is C19H18O3. The molecule has 0 fully saturated rings. The van der Waals surface area contributed by atoms with Crippen molar-refractivity contribution in [2.45, 2.75) is 19.8 Å². The summed E-state index contributed by atoms with van der Waals surface area (Å²) in [5.41, 5.74) is 1.52. The minimum Gasteiger partial charge on any atom is -0.419 e.